The summed E-state index contributed by atoms with van der Waals surface area (Å²) >= 11 is 1.80. The van der Waals surface area contributed by atoms with Crippen LogP contribution >= 0.6 is 11.8 Å². The van der Waals surface area contributed by atoms with Gasteiger partial charge in [-0.2, -0.15) is 0 Å². The van der Waals surface area contributed by atoms with Gasteiger partial charge in [0.15, 0.2) is 0 Å². The molecule has 1 nitrogen and oxygen atoms in total. The van der Waals surface area contributed by atoms with Crippen LogP contribution in [0.25, 0.3) is 0 Å². The van der Waals surface area contributed by atoms with Crippen molar-refractivity contribution >= 4 is 17.4 Å². The predicted molar refractivity (Wildman–Crippen MR) is 77.9 cm³/mol. The summed E-state index contributed by atoms with van der Waals surface area (Å²) in [7, 11) is 0. The van der Waals surface area contributed by atoms with Gasteiger partial charge in [-0.05, 0) is 49.1 Å². The second-order valence-corrected chi connectivity index (χ2v) is 6.71. The number of benzene rings is 1. The van der Waals surface area contributed by atoms with E-state index in [1.807, 2.05) is 0 Å². The molecule has 1 N–H and O–H groups in total. The molecule has 0 heterocycles. The van der Waals surface area contributed by atoms with E-state index in [1.54, 1.807) is 11.8 Å². The Morgan fingerprint density at radius 2 is 2.18 bits per heavy atom. The van der Waals surface area contributed by atoms with Gasteiger partial charge in [0.05, 0.1) is 0 Å². The van der Waals surface area contributed by atoms with Gasteiger partial charge in [-0.15, -0.1) is 11.8 Å². The highest BCUT2D eigenvalue weighted by atomic mass is 32.2. The van der Waals surface area contributed by atoms with Gasteiger partial charge >= 0.3 is 0 Å². The molecular weight excluding hydrogens is 226 g/mol. The SMILES string of the molecule is CSc1cccc(NC2CCCC(C)(C)C2)c1. The summed E-state index contributed by atoms with van der Waals surface area (Å²) < 4.78 is 0. The minimum Gasteiger partial charge on any atom is -0.382 e. The first-order valence-corrected chi connectivity index (χ1v) is 7.72. The zero-order valence-corrected chi connectivity index (χ0v) is 11.9. The van der Waals surface area contributed by atoms with Crippen molar-refractivity contribution in [1.82, 2.24) is 0 Å². The van der Waals surface area contributed by atoms with Crippen LogP contribution in [0.1, 0.15) is 39.5 Å². The summed E-state index contributed by atoms with van der Waals surface area (Å²) in [5.41, 5.74) is 1.78. The fourth-order valence-corrected chi connectivity index (χ4v) is 3.23. The summed E-state index contributed by atoms with van der Waals surface area (Å²) in [5, 5.41) is 3.70. The molecule has 0 amide bonds. The maximum absolute atomic E-state index is 3.70. The van der Waals surface area contributed by atoms with Crippen molar-refractivity contribution < 1.29 is 0 Å². The third-order valence-electron chi connectivity index (χ3n) is 3.65. The van der Waals surface area contributed by atoms with Gasteiger partial charge in [0.1, 0.15) is 0 Å². The number of rotatable bonds is 3. The molecule has 1 aliphatic carbocycles. The molecule has 1 aromatic carbocycles. The highest BCUT2D eigenvalue weighted by molar-refractivity contribution is 7.98. The van der Waals surface area contributed by atoms with Gasteiger partial charge in [-0.1, -0.05) is 26.3 Å². The fourth-order valence-electron chi connectivity index (χ4n) is 2.77. The van der Waals surface area contributed by atoms with E-state index in [0.29, 0.717) is 11.5 Å². The lowest BCUT2D eigenvalue weighted by Crippen LogP contribution is -2.31. The van der Waals surface area contributed by atoms with E-state index in [0.717, 1.165) is 0 Å². The molecule has 17 heavy (non-hydrogen) atoms. The highest BCUT2D eigenvalue weighted by Crippen LogP contribution is 2.36. The van der Waals surface area contributed by atoms with Crippen molar-refractivity contribution in [2.24, 2.45) is 5.41 Å². The Morgan fingerprint density at radius 3 is 2.88 bits per heavy atom. The monoisotopic (exact) mass is 249 g/mol. The first-order valence-electron chi connectivity index (χ1n) is 6.50. The van der Waals surface area contributed by atoms with E-state index in [1.165, 1.54) is 36.3 Å². The Hall–Kier alpha value is -0.630. The van der Waals surface area contributed by atoms with Crippen molar-refractivity contribution in [2.45, 2.75) is 50.5 Å². The molecule has 1 aliphatic rings. The van der Waals surface area contributed by atoms with Crippen LogP contribution in [-0.2, 0) is 0 Å². The smallest absolute Gasteiger partial charge is 0.0353 e. The molecule has 0 radical (unpaired) electrons. The van der Waals surface area contributed by atoms with Gasteiger partial charge in [0, 0.05) is 16.6 Å². The van der Waals surface area contributed by atoms with Crippen molar-refractivity contribution in [2.75, 3.05) is 11.6 Å². The van der Waals surface area contributed by atoms with Crippen molar-refractivity contribution in [1.29, 1.82) is 0 Å². The van der Waals surface area contributed by atoms with Crippen molar-refractivity contribution in [3.05, 3.63) is 24.3 Å². The molecule has 2 rings (SSSR count). The molecule has 0 spiro atoms. The normalized spacial score (nSPS) is 23.4. The zero-order chi connectivity index (χ0) is 12.3. The van der Waals surface area contributed by atoms with E-state index in [2.05, 4.69) is 49.7 Å². The largest absolute Gasteiger partial charge is 0.382 e. The zero-order valence-electron chi connectivity index (χ0n) is 11.1. The Morgan fingerprint density at radius 1 is 1.35 bits per heavy atom. The molecule has 1 fully saturated rings. The Bertz CT molecular complexity index is 373. The molecule has 2 heteroatoms. The predicted octanol–water partition coefficient (Wildman–Crippen LogP) is 4.79. The molecule has 1 saturated carbocycles. The quantitative estimate of drug-likeness (QED) is 0.773. The van der Waals surface area contributed by atoms with E-state index >= 15 is 0 Å². The van der Waals surface area contributed by atoms with Crippen LogP contribution in [0.5, 0.6) is 0 Å². The minimum atomic E-state index is 0.507. The molecular formula is C15H23NS. The molecule has 0 saturated heterocycles. The van der Waals surface area contributed by atoms with Crippen LogP contribution in [0.4, 0.5) is 5.69 Å². The van der Waals surface area contributed by atoms with Gasteiger partial charge < -0.3 is 5.32 Å². The average molecular weight is 249 g/mol. The molecule has 1 atom stereocenters. The van der Waals surface area contributed by atoms with Crippen LogP contribution in [0.15, 0.2) is 29.2 Å². The van der Waals surface area contributed by atoms with E-state index < -0.39 is 0 Å². The lowest BCUT2D eigenvalue weighted by atomic mass is 9.75. The number of thioether (sulfide) groups is 1. The topological polar surface area (TPSA) is 12.0 Å². The van der Waals surface area contributed by atoms with Crippen LogP contribution in [0.3, 0.4) is 0 Å². The van der Waals surface area contributed by atoms with Gasteiger partial charge in [0.25, 0.3) is 0 Å². The Kier molecular flexibility index (Phi) is 4.03. The first kappa shape index (κ1) is 12.8. The summed E-state index contributed by atoms with van der Waals surface area (Å²) in [6.07, 6.45) is 7.45. The van der Waals surface area contributed by atoms with Crippen molar-refractivity contribution in [3.8, 4) is 0 Å². The molecule has 0 bridgehead atoms. The van der Waals surface area contributed by atoms with E-state index in [-0.39, 0.29) is 0 Å². The third kappa shape index (κ3) is 3.67. The molecule has 94 valence electrons. The maximum Gasteiger partial charge on any atom is 0.0353 e. The summed E-state index contributed by atoms with van der Waals surface area (Å²) in [5.74, 6) is 0. The van der Waals surface area contributed by atoms with E-state index in [9.17, 15) is 0 Å². The van der Waals surface area contributed by atoms with Crippen LogP contribution in [0, 0.1) is 5.41 Å². The summed E-state index contributed by atoms with van der Waals surface area (Å²) in [4.78, 5) is 1.34. The lowest BCUT2D eigenvalue weighted by molar-refractivity contribution is 0.229. The van der Waals surface area contributed by atoms with Crippen LogP contribution in [-0.4, -0.2) is 12.3 Å². The van der Waals surface area contributed by atoms with Gasteiger partial charge in [-0.25, -0.2) is 0 Å². The standard InChI is InChI=1S/C15H23NS/c1-15(2)9-5-7-13(11-15)16-12-6-4-8-14(10-12)17-3/h4,6,8,10,13,16H,5,7,9,11H2,1-3H3. The number of hydrogen-bond acceptors (Lipinski definition) is 2. The molecule has 1 unspecified atom stereocenters. The Labute approximate surface area is 109 Å². The van der Waals surface area contributed by atoms with Crippen LogP contribution < -0.4 is 5.32 Å². The molecule has 0 aliphatic heterocycles. The van der Waals surface area contributed by atoms with E-state index in [4.69, 9.17) is 0 Å². The number of anilines is 1. The summed E-state index contributed by atoms with van der Waals surface area (Å²) in [6, 6.07) is 9.40. The minimum absolute atomic E-state index is 0.507. The van der Waals surface area contributed by atoms with Crippen LogP contribution in [0.2, 0.25) is 0 Å². The summed E-state index contributed by atoms with van der Waals surface area (Å²) in [6.45, 7) is 4.78. The molecule has 1 aromatic rings. The second kappa shape index (κ2) is 5.34. The Balaban J connectivity index is 2.00. The maximum atomic E-state index is 3.70. The fraction of sp³-hybridized carbons (Fsp3) is 0.600. The second-order valence-electron chi connectivity index (χ2n) is 5.83. The molecule has 0 aromatic heterocycles. The van der Waals surface area contributed by atoms with Crippen molar-refractivity contribution in [3.63, 3.8) is 0 Å². The lowest BCUT2D eigenvalue weighted by Gasteiger charge is -2.36. The third-order valence-corrected chi connectivity index (χ3v) is 4.37. The van der Waals surface area contributed by atoms with Gasteiger partial charge in [0.2, 0.25) is 0 Å². The number of hydrogen-bond donors (Lipinski definition) is 1. The highest BCUT2D eigenvalue weighted by Gasteiger charge is 2.27. The number of nitrogens with one attached hydrogen (secondary N) is 1. The van der Waals surface area contributed by atoms with Gasteiger partial charge in [-0.3, -0.25) is 0 Å². The first-order chi connectivity index (χ1) is 8.09. The average Bonchev–Trinajstić information content (AvgIpc) is 2.28.